The van der Waals surface area contributed by atoms with Crippen LogP contribution in [-0.4, -0.2) is 30.6 Å². The summed E-state index contributed by atoms with van der Waals surface area (Å²) < 4.78 is 0. The van der Waals surface area contributed by atoms with Crippen molar-refractivity contribution in [3.8, 4) is 0 Å². The Morgan fingerprint density at radius 1 is 1.35 bits per heavy atom. The fourth-order valence-corrected chi connectivity index (χ4v) is 3.10. The zero-order chi connectivity index (χ0) is 17.2. The van der Waals surface area contributed by atoms with Crippen molar-refractivity contribution < 1.29 is 19.2 Å². The summed E-state index contributed by atoms with van der Waals surface area (Å²) in [5.41, 5.74) is 1.16. The summed E-state index contributed by atoms with van der Waals surface area (Å²) in [5, 5.41) is 2.09. The molecule has 0 radical (unpaired) electrons. The lowest BCUT2D eigenvalue weighted by Gasteiger charge is -2.27. The summed E-state index contributed by atoms with van der Waals surface area (Å²) in [4.78, 5) is 47.5. The maximum absolute atomic E-state index is 12.8. The lowest BCUT2D eigenvalue weighted by atomic mass is 9.83. The Labute approximate surface area is 134 Å². The number of fused-ring (bicyclic) bond motifs is 1. The Morgan fingerprint density at radius 2 is 2.04 bits per heavy atom. The van der Waals surface area contributed by atoms with Crippen LogP contribution in [0.3, 0.4) is 0 Å². The molecule has 0 saturated carbocycles. The van der Waals surface area contributed by atoms with E-state index in [1.54, 1.807) is 30.9 Å². The van der Waals surface area contributed by atoms with Gasteiger partial charge in [-0.1, -0.05) is 12.1 Å². The highest BCUT2D eigenvalue weighted by Crippen LogP contribution is 2.44. The third-order valence-electron chi connectivity index (χ3n) is 4.29. The van der Waals surface area contributed by atoms with Crippen LogP contribution in [0, 0.1) is 0 Å². The Hall–Kier alpha value is -2.50. The zero-order valence-electron chi connectivity index (χ0n) is 13.5. The molecular formula is C17H20N2O4. The van der Waals surface area contributed by atoms with Crippen molar-refractivity contribution in [2.24, 2.45) is 0 Å². The number of carbonyl (C=O) groups is 4. The lowest BCUT2D eigenvalue weighted by molar-refractivity contribution is -0.126. The number of hydrogen-bond donors (Lipinski definition) is 1. The SMILES string of the molecule is CC(CCC(=O)NC=O)N1C(=O)C(C)(C)c2c(C=O)cccc21. The van der Waals surface area contributed by atoms with Crippen LogP contribution < -0.4 is 10.2 Å². The molecule has 1 atom stereocenters. The van der Waals surface area contributed by atoms with Gasteiger partial charge in [0.1, 0.15) is 6.29 Å². The third kappa shape index (κ3) is 2.88. The number of anilines is 1. The first-order valence-electron chi connectivity index (χ1n) is 7.50. The number of amides is 3. The second-order valence-corrected chi connectivity index (χ2v) is 6.23. The van der Waals surface area contributed by atoms with Crippen LogP contribution in [0.25, 0.3) is 0 Å². The van der Waals surface area contributed by atoms with Crippen molar-refractivity contribution in [1.29, 1.82) is 0 Å². The van der Waals surface area contributed by atoms with Gasteiger partial charge in [-0.25, -0.2) is 0 Å². The molecule has 6 heteroatoms. The number of hydrogen-bond acceptors (Lipinski definition) is 4. The summed E-state index contributed by atoms with van der Waals surface area (Å²) >= 11 is 0. The van der Waals surface area contributed by atoms with Crippen molar-refractivity contribution in [3.63, 3.8) is 0 Å². The minimum Gasteiger partial charge on any atom is -0.309 e. The second-order valence-electron chi connectivity index (χ2n) is 6.23. The van der Waals surface area contributed by atoms with Crippen molar-refractivity contribution >= 4 is 30.2 Å². The number of nitrogens with one attached hydrogen (secondary N) is 1. The van der Waals surface area contributed by atoms with Gasteiger partial charge < -0.3 is 4.90 Å². The molecule has 122 valence electrons. The third-order valence-corrected chi connectivity index (χ3v) is 4.29. The number of rotatable bonds is 6. The van der Waals surface area contributed by atoms with Crippen LogP contribution >= 0.6 is 0 Å². The summed E-state index contributed by atoms with van der Waals surface area (Å²) in [7, 11) is 0. The van der Waals surface area contributed by atoms with Gasteiger partial charge in [-0.2, -0.15) is 0 Å². The molecule has 0 spiro atoms. The van der Waals surface area contributed by atoms with E-state index in [0.717, 1.165) is 11.8 Å². The Balaban J connectivity index is 2.31. The van der Waals surface area contributed by atoms with E-state index in [4.69, 9.17) is 0 Å². The highest BCUT2D eigenvalue weighted by atomic mass is 16.2. The minimum atomic E-state index is -0.786. The number of carbonyl (C=O) groups excluding carboxylic acids is 4. The zero-order valence-corrected chi connectivity index (χ0v) is 13.5. The molecule has 2 rings (SSSR count). The molecule has 3 amide bonds. The first kappa shape index (κ1) is 16.9. The van der Waals surface area contributed by atoms with Crippen LogP contribution in [-0.2, 0) is 19.8 Å². The molecule has 0 saturated heterocycles. The van der Waals surface area contributed by atoms with Gasteiger partial charge in [0.25, 0.3) is 0 Å². The molecule has 1 heterocycles. The lowest BCUT2D eigenvalue weighted by Crippen LogP contribution is -2.42. The van der Waals surface area contributed by atoms with E-state index in [1.807, 2.05) is 13.0 Å². The quantitative estimate of drug-likeness (QED) is 0.807. The van der Waals surface area contributed by atoms with Gasteiger partial charge in [0.15, 0.2) is 0 Å². The monoisotopic (exact) mass is 316 g/mol. The molecule has 1 N–H and O–H groups in total. The van der Waals surface area contributed by atoms with E-state index in [-0.39, 0.29) is 24.3 Å². The van der Waals surface area contributed by atoms with Crippen molar-refractivity contribution in [2.75, 3.05) is 4.90 Å². The first-order chi connectivity index (χ1) is 10.8. The molecule has 0 aliphatic carbocycles. The second kappa shape index (κ2) is 6.32. The molecule has 1 aliphatic heterocycles. The van der Waals surface area contributed by atoms with E-state index >= 15 is 0 Å². The first-order valence-corrected chi connectivity index (χ1v) is 7.50. The van der Waals surface area contributed by atoms with Gasteiger partial charge in [-0.05, 0) is 33.3 Å². The number of nitrogens with zero attached hydrogens (tertiary/aromatic N) is 1. The number of imide groups is 1. The molecular weight excluding hydrogens is 296 g/mol. The summed E-state index contributed by atoms with van der Waals surface area (Å²) in [6, 6.07) is 5.04. The van der Waals surface area contributed by atoms with Gasteiger partial charge in [-0.3, -0.25) is 24.5 Å². The topological polar surface area (TPSA) is 83.6 Å². The van der Waals surface area contributed by atoms with E-state index in [1.165, 1.54) is 0 Å². The maximum atomic E-state index is 12.8. The summed E-state index contributed by atoms with van der Waals surface area (Å²) in [6.45, 7) is 5.45. The molecule has 0 aromatic heterocycles. The molecule has 23 heavy (non-hydrogen) atoms. The van der Waals surface area contributed by atoms with Crippen LogP contribution in [0.1, 0.15) is 49.5 Å². The predicted octanol–water partition coefficient (Wildman–Crippen LogP) is 1.56. The van der Waals surface area contributed by atoms with Crippen LogP contribution in [0.4, 0.5) is 5.69 Å². The molecule has 0 bridgehead atoms. The maximum Gasteiger partial charge on any atom is 0.237 e. The summed E-state index contributed by atoms with van der Waals surface area (Å²) in [5.74, 6) is -0.468. The van der Waals surface area contributed by atoms with Gasteiger partial charge in [-0.15, -0.1) is 0 Å². The van der Waals surface area contributed by atoms with Gasteiger partial charge in [0, 0.05) is 29.3 Å². The van der Waals surface area contributed by atoms with Crippen LogP contribution in [0.15, 0.2) is 18.2 Å². The Morgan fingerprint density at radius 3 is 2.65 bits per heavy atom. The molecule has 1 aromatic rings. The Kier molecular flexibility index (Phi) is 4.63. The minimum absolute atomic E-state index is 0.0925. The van der Waals surface area contributed by atoms with Crippen LogP contribution in [0.2, 0.25) is 0 Å². The highest BCUT2D eigenvalue weighted by molar-refractivity contribution is 6.10. The smallest absolute Gasteiger partial charge is 0.237 e. The standard InChI is InChI=1S/C17H20N2O4/c1-11(7-8-14(22)18-10-21)19-13-6-4-5-12(9-20)15(13)17(2,3)16(19)23/h4-6,9-11H,7-8H2,1-3H3,(H,18,21,22). The fraction of sp³-hybridized carbons (Fsp3) is 0.412. The van der Waals surface area contributed by atoms with E-state index < -0.39 is 5.41 Å². The van der Waals surface area contributed by atoms with E-state index in [0.29, 0.717) is 24.1 Å². The van der Waals surface area contributed by atoms with Crippen molar-refractivity contribution in [1.82, 2.24) is 5.32 Å². The molecule has 1 aliphatic rings. The van der Waals surface area contributed by atoms with E-state index in [2.05, 4.69) is 5.32 Å². The largest absolute Gasteiger partial charge is 0.309 e. The predicted molar refractivity (Wildman–Crippen MR) is 85.2 cm³/mol. The number of benzene rings is 1. The van der Waals surface area contributed by atoms with Gasteiger partial charge in [0.05, 0.1) is 5.41 Å². The Bertz CT molecular complexity index is 667. The molecule has 1 aromatic carbocycles. The van der Waals surface area contributed by atoms with E-state index in [9.17, 15) is 19.2 Å². The highest BCUT2D eigenvalue weighted by Gasteiger charge is 2.46. The molecule has 1 unspecified atom stereocenters. The van der Waals surface area contributed by atoms with Crippen molar-refractivity contribution in [3.05, 3.63) is 29.3 Å². The normalized spacial score (nSPS) is 16.7. The fourth-order valence-electron chi connectivity index (χ4n) is 3.10. The van der Waals surface area contributed by atoms with Gasteiger partial charge in [0.2, 0.25) is 18.2 Å². The van der Waals surface area contributed by atoms with Crippen LogP contribution in [0.5, 0.6) is 0 Å². The number of aldehydes is 1. The molecule has 0 fully saturated rings. The average Bonchev–Trinajstić information content (AvgIpc) is 2.72. The van der Waals surface area contributed by atoms with Gasteiger partial charge >= 0.3 is 0 Å². The summed E-state index contributed by atoms with van der Waals surface area (Å²) in [6.07, 6.45) is 1.68. The van der Waals surface area contributed by atoms with Crippen molar-refractivity contribution in [2.45, 2.75) is 45.1 Å². The average molecular weight is 316 g/mol. The molecule has 6 nitrogen and oxygen atoms in total.